The van der Waals surface area contributed by atoms with E-state index in [1.165, 1.54) is 0 Å². The number of aliphatic carboxylic acids is 1. The Morgan fingerprint density at radius 2 is 2.05 bits per heavy atom. The van der Waals surface area contributed by atoms with Crippen molar-refractivity contribution in [2.45, 2.75) is 44.4 Å². The Morgan fingerprint density at radius 3 is 2.74 bits per heavy atom. The predicted molar refractivity (Wildman–Crippen MR) is 71.1 cm³/mol. The highest BCUT2D eigenvalue weighted by molar-refractivity contribution is 5.86. The average molecular weight is 259 g/mol. The van der Waals surface area contributed by atoms with Gasteiger partial charge >= 0.3 is 5.97 Å². The summed E-state index contributed by atoms with van der Waals surface area (Å²) in [6.45, 7) is 1.88. The number of carbonyl (C=O) groups is 1. The topological polar surface area (TPSA) is 63.3 Å². The Bertz CT molecular complexity index is 623. The molecule has 0 spiro atoms. The number of carboxylic acids is 1. The normalized spacial score (nSPS) is 18.6. The molecular formula is C15H17NO3. The predicted octanol–water partition coefficient (Wildman–Crippen LogP) is 3.42. The van der Waals surface area contributed by atoms with E-state index in [-0.39, 0.29) is 0 Å². The van der Waals surface area contributed by atoms with Gasteiger partial charge in [-0.15, -0.1) is 0 Å². The molecule has 4 nitrogen and oxygen atoms in total. The molecule has 1 saturated carbocycles. The summed E-state index contributed by atoms with van der Waals surface area (Å²) in [6, 6.07) is 5.66. The first-order chi connectivity index (χ1) is 9.13. The Balaban J connectivity index is 2.14. The zero-order valence-electron chi connectivity index (χ0n) is 11.0. The molecule has 1 aliphatic carbocycles. The minimum Gasteiger partial charge on any atom is -0.481 e. The molecule has 3 rings (SSSR count). The molecule has 1 aliphatic rings. The van der Waals surface area contributed by atoms with E-state index in [2.05, 4.69) is 5.16 Å². The van der Waals surface area contributed by atoms with Gasteiger partial charge in [0.25, 0.3) is 0 Å². The molecule has 0 atom stereocenters. The van der Waals surface area contributed by atoms with Gasteiger partial charge in [0.1, 0.15) is 0 Å². The molecular weight excluding hydrogens is 242 g/mol. The zero-order chi connectivity index (χ0) is 13.5. The fourth-order valence-electron chi connectivity index (χ4n) is 3.14. The van der Waals surface area contributed by atoms with Crippen LogP contribution < -0.4 is 0 Å². The summed E-state index contributed by atoms with van der Waals surface area (Å²) in [4.78, 5) is 11.8. The van der Waals surface area contributed by atoms with Gasteiger partial charge in [0, 0.05) is 5.39 Å². The van der Waals surface area contributed by atoms with Crippen molar-refractivity contribution in [3.8, 4) is 0 Å². The highest BCUT2D eigenvalue weighted by atomic mass is 16.5. The minimum absolute atomic E-state index is 0.708. The van der Waals surface area contributed by atoms with Crippen molar-refractivity contribution >= 4 is 16.9 Å². The zero-order valence-corrected chi connectivity index (χ0v) is 11.0. The lowest BCUT2D eigenvalue weighted by atomic mass is 9.69. The van der Waals surface area contributed by atoms with Crippen molar-refractivity contribution in [1.29, 1.82) is 0 Å². The van der Waals surface area contributed by atoms with Crippen LogP contribution in [0.5, 0.6) is 0 Å². The van der Waals surface area contributed by atoms with Crippen molar-refractivity contribution in [3.05, 3.63) is 29.5 Å². The number of hydrogen-bond donors (Lipinski definition) is 1. The maximum Gasteiger partial charge on any atom is 0.314 e. The van der Waals surface area contributed by atoms with E-state index in [9.17, 15) is 9.90 Å². The molecule has 0 saturated heterocycles. The number of aromatic nitrogens is 1. The Morgan fingerprint density at radius 1 is 1.32 bits per heavy atom. The second kappa shape index (κ2) is 4.37. The van der Waals surface area contributed by atoms with Gasteiger partial charge in [-0.3, -0.25) is 4.79 Å². The van der Waals surface area contributed by atoms with Gasteiger partial charge in [0.15, 0.2) is 5.58 Å². The van der Waals surface area contributed by atoms with Crippen molar-refractivity contribution < 1.29 is 14.4 Å². The van der Waals surface area contributed by atoms with Crippen LogP contribution in [0.1, 0.15) is 43.4 Å². The summed E-state index contributed by atoms with van der Waals surface area (Å²) in [5, 5.41) is 14.5. The van der Waals surface area contributed by atoms with E-state index in [1.807, 2.05) is 25.1 Å². The molecule has 19 heavy (non-hydrogen) atoms. The summed E-state index contributed by atoms with van der Waals surface area (Å²) in [7, 11) is 0. The molecule has 1 fully saturated rings. The summed E-state index contributed by atoms with van der Waals surface area (Å²) >= 11 is 0. The van der Waals surface area contributed by atoms with E-state index in [4.69, 9.17) is 4.52 Å². The first-order valence-corrected chi connectivity index (χ1v) is 6.73. The van der Waals surface area contributed by atoms with Gasteiger partial charge in [-0.2, -0.15) is 0 Å². The van der Waals surface area contributed by atoms with Gasteiger partial charge in [0.05, 0.1) is 11.1 Å². The van der Waals surface area contributed by atoms with Crippen LogP contribution in [0.4, 0.5) is 0 Å². The number of carboxylic acid groups (broad SMARTS) is 1. The molecule has 1 N–H and O–H groups in total. The van der Waals surface area contributed by atoms with Gasteiger partial charge in [-0.25, -0.2) is 0 Å². The quantitative estimate of drug-likeness (QED) is 0.897. The highest BCUT2D eigenvalue weighted by Gasteiger charge is 2.41. The van der Waals surface area contributed by atoms with Gasteiger partial charge in [0.2, 0.25) is 0 Å². The third-order valence-corrected chi connectivity index (χ3v) is 4.32. The fraction of sp³-hybridized carbons (Fsp3) is 0.467. The molecule has 0 aliphatic heterocycles. The lowest BCUT2D eigenvalue weighted by molar-refractivity contribution is -0.145. The van der Waals surface area contributed by atoms with Crippen LogP contribution in [0.3, 0.4) is 0 Å². The Labute approximate surface area is 111 Å². The molecule has 1 heterocycles. The number of nitrogens with zero attached hydrogens (tertiary/aromatic N) is 1. The van der Waals surface area contributed by atoms with Gasteiger partial charge in [-0.1, -0.05) is 30.5 Å². The Kier molecular flexibility index (Phi) is 2.81. The smallest absolute Gasteiger partial charge is 0.314 e. The standard InChI is InChI=1S/C15H17NO3/c1-10-12-9-11(5-6-13(12)19-16-10)15(14(17)18)7-3-2-4-8-15/h5-6,9H,2-4,7-8H2,1H3,(H,17,18). The SMILES string of the molecule is Cc1noc2ccc(C3(C(=O)O)CCCCC3)cc12. The van der Waals surface area contributed by atoms with E-state index in [0.717, 1.165) is 54.3 Å². The van der Waals surface area contributed by atoms with Crippen molar-refractivity contribution in [2.24, 2.45) is 0 Å². The molecule has 2 aromatic rings. The van der Waals surface area contributed by atoms with Crippen LogP contribution in [-0.2, 0) is 10.2 Å². The van der Waals surface area contributed by atoms with Crippen LogP contribution in [0.2, 0.25) is 0 Å². The summed E-state index contributed by atoms with van der Waals surface area (Å²) in [6.07, 6.45) is 4.53. The summed E-state index contributed by atoms with van der Waals surface area (Å²) in [5.41, 5.74) is 1.69. The second-order valence-corrected chi connectivity index (χ2v) is 5.43. The summed E-state index contributed by atoms with van der Waals surface area (Å²) in [5.74, 6) is -0.708. The average Bonchev–Trinajstić information content (AvgIpc) is 2.80. The second-order valence-electron chi connectivity index (χ2n) is 5.43. The molecule has 1 aromatic carbocycles. The molecule has 0 unspecified atom stereocenters. The van der Waals surface area contributed by atoms with Crippen LogP contribution in [0.15, 0.2) is 22.7 Å². The molecule has 0 amide bonds. The number of hydrogen-bond acceptors (Lipinski definition) is 3. The molecule has 1 aromatic heterocycles. The van der Waals surface area contributed by atoms with Crippen LogP contribution in [0.25, 0.3) is 11.0 Å². The number of rotatable bonds is 2. The number of benzene rings is 1. The summed E-state index contributed by atoms with van der Waals surface area (Å²) < 4.78 is 5.19. The molecule has 0 bridgehead atoms. The molecule has 0 radical (unpaired) electrons. The fourth-order valence-corrected chi connectivity index (χ4v) is 3.14. The minimum atomic E-state index is -0.726. The lowest BCUT2D eigenvalue weighted by Gasteiger charge is -2.33. The van der Waals surface area contributed by atoms with Crippen LogP contribution in [0, 0.1) is 6.92 Å². The van der Waals surface area contributed by atoms with Gasteiger partial charge in [-0.05, 0) is 37.5 Å². The third-order valence-electron chi connectivity index (χ3n) is 4.32. The lowest BCUT2D eigenvalue weighted by Crippen LogP contribution is -2.37. The third kappa shape index (κ3) is 1.82. The van der Waals surface area contributed by atoms with Crippen LogP contribution in [-0.4, -0.2) is 16.2 Å². The van der Waals surface area contributed by atoms with Crippen molar-refractivity contribution in [3.63, 3.8) is 0 Å². The Hall–Kier alpha value is -1.84. The van der Waals surface area contributed by atoms with Gasteiger partial charge < -0.3 is 9.63 Å². The van der Waals surface area contributed by atoms with E-state index in [0.29, 0.717) is 0 Å². The molecule has 4 heteroatoms. The van der Waals surface area contributed by atoms with Crippen molar-refractivity contribution in [1.82, 2.24) is 5.16 Å². The van der Waals surface area contributed by atoms with Crippen molar-refractivity contribution in [2.75, 3.05) is 0 Å². The monoisotopic (exact) mass is 259 g/mol. The number of fused-ring (bicyclic) bond motifs is 1. The first kappa shape index (κ1) is 12.2. The molecule has 100 valence electrons. The van der Waals surface area contributed by atoms with E-state index >= 15 is 0 Å². The number of aryl methyl sites for hydroxylation is 1. The maximum absolute atomic E-state index is 11.8. The highest BCUT2D eigenvalue weighted by Crippen LogP contribution is 2.40. The first-order valence-electron chi connectivity index (χ1n) is 6.73. The largest absolute Gasteiger partial charge is 0.481 e. The van der Waals surface area contributed by atoms with Crippen LogP contribution >= 0.6 is 0 Å². The maximum atomic E-state index is 11.8. The van der Waals surface area contributed by atoms with E-state index in [1.54, 1.807) is 0 Å². The van der Waals surface area contributed by atoms with E-state index < -0.39 is 11.4 Å².